The number of nitrogens with one attached hydrogen (secondary N) is 1. The van der Waals surface area contributed by atoms with Crippen molar-refractivity contribution in [3.05, 3.63) is 28.3 Å². The van der Waals surface area contributed by atoms with Gasteiger partial charge in [0, 0.05) is 36.8 Å². The maximum absolute atomic E-state index is 6.34. The minimum atomic E-state index is -0.167. The van der Waals surface area contributed by atoms with E-state index in [0.717, 1.165) is 43.1 Å². The number of halogens is 1. The van der Waals surface area contributed by atoms with Crippen molar-refractivity contribution in [2.45, 2.75) is 13.1 Å². The van der Waals surface area contributed by atoms with Crippen molar-refractivity contribution >= 4 is 11.6 Å². The summed E-state index contributed by atoms with van der Waals surface area (Å²) in [5, 5.41) is 4.02. The summed E-state index contributed by atoms with van der Waals surface area (Å²) in [6, 6.07) is 3.80. The molecule has 1 aliphatic heterocycles. The lowest BCUT2D eigenvalue weighted by atomic mass is 10.1. The third kappa shape index (κ3) is 2.78. The minimum absolute atomic E-state index is 0.167. The van der Waals surface area contributed by atoms with Crippen LogP contribution < -0.4 is 15.8 Å². The van der Waals surface area contributed by atoms with Crippen LogP contribution in [0.25, 0.3) is 0 Å². The first kappa shape index (κ1) is 13.6. The van der Waals surface area contributed by atoms with Gasteiger partial charge in [-0.25, -0.2) is 0 Å². The zero-order chi connectivity index (χ0) is 13.1. The Morgan fingerprint density at radius 2 is 2.06 bits per heavy atom. The lowest BCUT2D eigenvalue weighted by Crippen LogP contribution is -2.47. The highest BCUT2D eigenvalue weighted by molar-refractivity contribution is 6.30. The first-order valence-electron chi connectivity index (χ1n) is 6.18. The summed E-state index contributed by atoms with van der Waals surface area (Å²) in [5.74, 6) is 0.838. The third-order valence-electron chi connectivity index (χ3n) is 3.34. The number of nitrogens with zero attached hydrogens (tertiary/aromatic N) is 1. The Hall–Kier alpha value is -0.810. The van der Waals surface area contributed by atoms with Gasteiger partial charge in [-0.05, 0) is 24.6 Å². The second kappa shape index (κ2) is 5.89. The van der Waals surface area contributed by atoms with E-state index in [0.29, 0.717) is 5.02 Å². The second-order valence-electron chi connectivity index (χ2n) is 4.58. The Labute approximate surface area is 113 Å². The molecule has 1 fully saturated rings. The van der Waals surface area contributed by atoms with E-state index in [1.807, 2.05) is 19.1 Å². The van der Waals surface area contributed by atoms with E-state index in [1.165, 1.54) is 0 Å². The van der Waals surface area contributed by atoms with Crippen molar-refractivity contribution < 1.29 is 4.74 Å². The molecule has 1 atom stereocenters. The predicted octanol–water partition coefficient (Wildman–Crippen LogP) is 1.52. The van der Waals surface area contributed by atoms with Crippen molar-refractivity contribution in [2.24, 2.45) is 5.73 Å². The number of piperazine rings is 1. The molecule has 0 aromatic heterocycles. The van der Waals surface area contributed by atoms with Gasteiger partial charge in [0.25, 0.3) is 0 Å². The highest BCUT2D eigenvalue weighted by Gasteiger charge is 2.22. The Morgan fingerprint density at radius 3 is 2.67 bits per heavy atom. The largest absolute Gasteiger partial charge is 0.496 e. The summed E-state index contributed by atoms with van der Waals surface area (Å²) in [4.78, 5) is 2.24. The number of benzene rings is 1. The number of rotatable bonds is 3. The molecule has 0 aliphatic carbocycles. The molecule has 0 spiro atoms. The summed E-state index contributed by atoms with van der Waals surface area (Å²) in [6.07, 6.45) is -0.167. The molecule has 4 nitrogen and oxygen atoms in total. The van der Waals surface area contributed by atoms with Crippen molar-refractivity contribution in [2.75, 3.05) is 33.3 Å². The highest BCUT2D eigenvalue weighted by Crippen LogP contribution is 2.32. The molecule has 1 saturated heterocycles. The number of hydrogen-bond donors (Lipinski definition) is 2. The molecule has 1 aromatic carbocycles. The lowest BCUT2D eigenvalue weighted by Gasteiger charge is -2.33. The molecule has 0 saturated carbocycles. The minimum Gasteiger partial charge on any atom is -0.496 e. The van der Waals surface area contributed by atoms with Gasteiger partial charge in [0.15, 0.2) is 0 Å². The normalized spacial score (nSPS) is 18.7. The highest BCUT2D eigenvalue weighted by atomic mass is 35.5. The van der Waals surface area contributed by atoms with Crippen LogP contribution in [0.4, 0.5) is 0 Å². The Balaban J connectivity index is 2.30. The molecule has 5 heteroatoms. The second-order valence-corrected chi connectivity index (χ2v) is 5.01. The number of aryl methyl sites for hydroxylation is 1. The van der Waals surface area contributed by atoms with Crippen LogP contribution >= 0.6 is 11.6 Å². The average Bonchev–Trinajstić information content (AvgIpc) is 2.38. The monoisotopic (exact) mass is 269 g/mol. The standard InChI is InChI=1S/C13H20ClN3O/c1-9-7-10(14)8-11(12(9)18-2)13(15)17-5-3-16-4-6-17/h7-8,13,16H,3-6,15H2,1-2H3. The molecule has 1 heterocycles. The lowest BCUT2D eigenvalue weighted by molar-refractivity contribution is 0.174. The maximum Gasteiger partial charge on any atom is 0.127 e. The molecule has 1 unspecified atom stereocenters. The maximum atomic E-state index is 6.34. The predicted molar refractivity (Wildman–Crippen MR) is 74.1 cm³/mol. The summed E-state index contributed by atoms with van der Waals surface area (Å²) < 4.78 is 5.46. The van der Waals surface area contributed by atoms with E-state index in [4.69, 9.17) is 22.1 Å². The van der Waals surface area contributed by atoms with Crippen LogP contribution in [0.2, 0.25) is 5.02 Å². The molecule has 0 radical (unpaired) electrons. The first-order valence-corrected chi connectivity index (χ1v) is 6.55. The third-order valence-corrected chi connectivity index (χ3v) is 3.55. The van der Waals surface area contributed by atoms with Gasteiger partial charge in [-0.15, -0.1) is 0 Å². The van der Waals surface area contributed by atoms with Gasteiger partial charge in [0.05, 0.1) is 13.3 Å². The molecular formula is C13H20ClN3O. The van der Waals surface area contributed by atoms with Gasteiger partial charge in [0.2, 0.25) is 0 Å². The number of ether oxygens (including phenoxy) is 1. The fraction of sp³-hybridized carbons (Fsp3) is 0.538. The smallest absolute Gasteiger partial charge is 0.127 e. The van der Waals surface area contributed by atoms with Gasteiger partial charge >= 0.3 is 0 Å². The van der Waals surface area contributed by atoms with E-state index in [2.05, 4.69) is 10.2 Å². The molecule has 3 N–H and O–H groups in total. The van der Waals surface area contributed by atoms with Gasteiger partial charge < -0.3 is 15.8 Å². The van der Waals surface area contributed by atoms with Crippen molar-refractivity contribution in [3.63, 3.8) is 0 Å². The summed E-state index contributed by atoms with van der Waals surface area (Å²) in [7, 11) is 1.67. The molecule has 0 bridgehead atoms. The van der Waals surface area contributed by atoms with Crippen LogP contribution in [-0.2, 0) is 0 Å². The fourth-order valence-corrected chi connectivity index (χ4v) is 2.69. The quantitative estimate of drug-likeness (QED) is 0.874. The molecule has 18 heavy (non-hydrogen) atoms. The average molecular weight is 270 g/mol. The van der Waals surface area contributed by atoms with Gasteiger partial charge in [-0.2, -0.15) is 0 Å². The Morgan fingerprint density at radius 1 is 1.39 bits per heavy atom. The van der Waals surface area contributed by atoms with Crippen molar-refractivity contribution in [3.8, 4) is 5.75 Å². The van der Waals surface area contributed by atoms with E-state index < -0.39 is 0 Å². The number of methoxy groups -OCH3 is 1. The van der Waals surface area contributed by atoms with Crippen LogP contribution in [0, 0.1) is 6.92 Å². The van der Waals surface area contributed by atoms with Crippen LogP contribution in [0.3, 0.4) is 0 Å². The van der Waals surface area contributed by atoms with Crippen LogP contribution in [0.15, 0.2) is 12.1 Å². The molecule has 0 amide bonds. The topological polar surface area (TPSA) is 50.5 Å². The van der Waals surface area contributed by atoms with Crippen molar-refractivity contribution in [1.29, 1.82) is 0 Å². The van der Waals surface area contributed by atoms with Crippen LogP contribution in [0.5, 0.6) is 5.75 Å². The summed E-state index contributed by atoms with van der Waals surface area (Å²) in [6.45, 7) is 5.80. The van der Waals surface area contributed by atoms with Crippen LogP contribution in [0.1, 0.15) is 17.3 Å². The Bertz CT molecular complexity index is 419. The first-order chi connectivity index (χ1) is 8.63. The van der Waals surface area contributed by atoms with E-state index in [1.54, 1.807) is 7.11 Å². The molecule has 2 rings (SSSR count). The Kier molecular flexibility index (Phi) is 4.45. The number of hydrogen-bond acceptors (Lipinski definition) is 4. The van der Waals surface area contributed by atoms with Gasteiger partial charge in [-0.3, -0.25) is 4.90 Å². The van der Waals surface area contributed by atoms with Gasteiger partial charge in [-0.1, -0.05) is 11.6 Å². The SMILES string of the molecule is COc1c(C)cc(Cl)cc1C(N)N1CCNCC1. The fourth-order valence-electron chi connectivity index (χ4n) is 2.41. The molecule has 1 aromatic rings. The molecule has 100 valence electrons. The van der Waals surface area contributed by atoms with Crippen molar-refractivity contribution in [1.82, 2.24) is 10.2 Å². The zero-order valence-corrected chi connectivity index (χ0v) is 11.6. The zero-order valence-electron chi connectivity index (χ0n) is 10.9. The van der Waals surface area contributed by atoms with E-state index in [-0.39, 0.29) is 6.17 Å². The summed E-state index contributed by atoms with van der Waals surface area (Å²) in [5.41, 5.74) is 8.32. The van der Waals surface area contributed by atoms with E-state index in [9.17, 15) is 0 Å². The molecule has 1 aliphatic rings. The van der Waals surface area contributed by atoms with Crippen LogP contribution in [-0.4, -0.2) is 38.2 Å². The van der Waals surface area contributed by atoms with E-state index >= 15 is 0 Å². The summed E-state index contributed by atoms with van der Waals surface area (Å²) >= 11 is 6.12. The number of nitrogens with two attached hydrogens (primary N) is 1. The molecular weight excluding hydrogens is 250 g/mol. The van der Waals surface area contributed by atoms with Gasteiger partial charge in [0.1, 0.15) is 5.75 Å².